The van der Waals surface area contributed by atoms with Gasteiger partial charge in [-0.2, -0.15) is 0 Å². The van der Waals surface area contributed by atoms with E-state index in [1.54, 1.807) is 12.4 Å². The van der Waals surface area contributed by atoms with Crippen molar-refractivity contribution >= 4 is 29.0 Å². The summed E-state index contributed by atoms with van der Waals surface area (Å²) in [6.45, 7) is 7.55. The number of piperazine rings is 1. The molecule has 1 aromatic heterocycles. The van der Waals surface area contributed by atoms with Crippen LogP contribution in [0, 0.1) is 13.8 Å². The fourth-order valence-corrected chi connectivity index (χ4v) is 3.59. The lowest BCUT2D eigenvalue weighted by atomic mass is 10.1. The number of aromatic nitrogens is 2. The van der Waals surface area contributed by atoms with Crippen LogP contribution in [0.2, 0.25) is 0 Å². The number of carbonyl (C=O) groups excluding carboxylic acids is 1. The van der Waals surface area contributed by atoms with Gasteiger partial charge in [-0.1, -0.05) is 35.9 Å². The second-order valence-corrected chi connectivity index (χ2v) is 7.48. The average molecular weight is 403 g/mol. The number of aryl methyl sites for hydroxylation is 2. The van der Waals surface area contributed by atoms with Crippen LogP contribution in [-0.2, 0) is 0 Å². The van der Waals surface area contributed by atoms with Gasteiger partial charge < -0.3 is 20.4 Å². The van der Waals surface area contributed by atoms with E-state index < -0.39 is 0 Å². The average Bonchev–Trinajstić information content (AvgIpc) is 2.77. The molecule has 2 N–H and O–H groups in total. The largest absolute Gasteiger partial charge is 0.368 e. The van der Waals surface area contributed by atoms with Gasteiger partial charge >= 0.3 is 6.03 Å². The van der Waals surface area contributed by atoms with Crippen LogP contribution in [0.5, 0.6) is 0 Å². The molecule has 3 aromatic rings. The molecule has 0 atom stereocenters. The Balaban J connectivity index is 1.31. The van der Waals surface area contributed by atoms with E-state index in [1.165, 1.54) is 5.69 Å². The number of nitrogens with one attached hydrogen (secondary N) is 2. The summed E-state index contributed by atoms with van der Waals surface area (Å²) < 4.78 is 0. The van der Waals surface area contributed by atoms with Gasteiger partial charge in [0.15, 0.2) is 0 Å². The molecule has 0 spiro atoms. The van der Waals surface area contributed by atoms with Crippen molar-refractivity contribution < 1.29 is 4.79 Å². The summed E-state index contributed by atoms with van der Waals surface area (Å²) in [5.41, 5.74) is 4.77. The maximum Gasteiger partial charge on any atom is 0.323 e. The Morgan fingerprint density at radius 2 is 1.53 bits per heavy atom. The Morgan fingerprint density at radius 3 is 2.20 bits per heavy atom. The summed E-state index contributed by atoms with van der Waals surface area (Å²) in [6.07, 6.45) is 3.29. The van der Waals surface area contributed by atoms with Crippen LogP contribution in [0.3, 0.4) is 0 Å². The summed E-state index contributed by atoms with van der Waals surface area (Å²) in [5, 5.41) is 5.65. The molecule has 1 aliphatic heterocycles. The summed E-state index contributed by atoms with van der Waals surface area (Å²) in [7, 11) is 0. The van der Waals surface area contributed by atoms with E-state index in [-0.39, 0.29) is 6.03 Å². The molecule has 0 unspecified atom stereocenters. The molecule has 2 aromatic carbocycles. The molecule has 154 valence electrons. The smallest absolute Gasteiger partial charge is 0.323 e. The zero-order chi connectivity index (χ0) is 20.9. The van der Waals surface area contributed by atoms with Crippen LogP contribution in [0.25, 0.3) is 0 Å². The number of rotatable bonds is 4. The molecule has 0 aliphatic carbocycles. The number of amides is 2. The predicted octanol–water partition coefficient (Wildman–Crippen LogP) is 4.06. The number of para-hydroxylation sites is 1. The number of benzene rings is 2. The van der Waals surface area contributed by atoms with Crippen molar-refractivity contribution in [3.63, 3.8) is 0 Å². The van der Waals surface area contributed by atoms with Gasteiger partial charge in [-0.05, 0) is 37.6 Å². The monoisotopic (exact) mass is 402 g/mol. The minimum atomic E-state index is -0.310. The third-order valence-electron chi connectivity index (χ3n) is 5.21. The normalized spacial score (nSPS) is 13.8. The van der Waals surface area contributed by atoms with Crippen LogP contribution >= 0.6 is 0 Å². The van der Waals surface area contributed by atoms with Gasteiger partial charge in [0.05, 0.1) is 18.1 Å². The molecule has 2 amide bonds. The highest BCUT2D eigenvalue weighted by Gasteiger charge is 2.19. The van der Waals surface area contributed by atoms with Crippen LogP contribution < -0.4 is 20.4 Å². The van der Waals surface area contributed by atoms with Gasteiger partial charge in [-0.25, -0.2) is 14.8 Å². The molecule has 1 saturated heterocycles. The first kappa shape index (κ1) is 19.7. The van der Waals surface area contributed by atoms with Crippen LogP contribution in [0.15, 0.2) is 60.9 Å². The maximum absolute atomic E-state index is 12.3. The van der Waals surface area contributed by atoms with Crippen LogP contribution in [0.4, 0.5) is 27.8 Å². The highest BCUT2D eigenvalue weighted by atomic mass is 16.2. The predicted molar refractivity (Wildman–Crippen MR) is 121 cm³/mol. The summed E-state index contributed by atoms with van der Waals surface area (Å²) >= 11 is 0. The molecule has 7 heteroatoms. The number of urea groups is 1. The lowest BCUT2D eigenvalue weighted by molar-refractivity contribution is 0.262. The number of hydrogen-bond donors (Lipinski definition) is 2. The molecule has 1 aliphatic rings. The minimum absolute atomic E-state index is 0.310. The van der Waals surface area contributed by atoms with Gasteiger partial charge in [0.2, 0.25) is 5.95 Å². The standard InChI is InChI=1S/C23H26N6O/c1-17-8-9-21(18(2)14-17)27-23(30)26-19-15-24-22(25-16-19)29-12-10-28(11-13-29)20-6-4-3-5-7-20/h3-9,14-16H,10-13H2,1-2H3,(H2,26,27,30). The van der Waals surface area contributed by atoms with E-state index in [9.17, 15) is 4.79 Å². The third kappa shape index (κ3) is 4.68. The van der Waals surface area contributed by atoms with E-state index in [2.05, 4.69) is 54.7 Å². The first-order valence-corrected chi connectivity index (χ1v) is 10.1. The number of hydrogen-bond acceptors (Lipinski definition) is 5. The minimum Gasteiger partial charge on any atom is -0.368 e. The van der Waals surface area contributed by atoms with Gasteiger partial charge in [0.1, 0.15) is 0 Å². The van der Waals surface area contributed by atoms with Crippen LogP contribution in [-0.4, -0.2) is 42.2 Å². The Hall–Kier alpha value is -3.61. The quantitative estimate of drug-likeness (QED) is 0.688. The maximum atomic E-state index is 12.3. The van der Waals surface area contributed by atoms with E-state index in [0.717, 1.165) is 43.0 Å². The number of nitrogens with zero attached hydrogens (tertiary/aromatic N) is 4. The Morgan fingerprint density at radius 1 is 0.867 bits per heavy atom. The van der Waals surface area contributed by atoms with Crippen molar-refractivity contribution in [3.8, 4) is 0 Å². The fourth-order valence-electron chi connectivity index (χ4n) is 3.59. The van der Waals surface area contributed by atoms with Crippen molar-refractivity contribution in [1.82, 2.24) is 9.97 Å². The Bertz CT molecular complexity index is 998. The molecule has 4 rings (SSSR count). The van der Waals surface area contributed by atoms with E-state index >= 15 is 0 Å². The van der Waals surface area contributed by atoms with Crippen molar-refractivity contribution in [2.75, 3.05) is 46.6 Å². The number of anilines is 4. The summed E-state index contributed by atoms with van der Waals surface area (Å²) in [6, 6.07) is 16.0. The Kier molecular flexibility index (Phi) is 5.79. The molecular weight excluding hydrogens is 376 g/mol. The van der Waals surface area contributed by atoms with E-state index in [1.807, 2.05) is 38.1 Å². The van der Waals surface area contributed by atoms with Crippen LogP contribution in [0.1, 0.15) is 11.1 Å². The van der Waals surface area contributed by atoms with E-state index in [4.69, 9.17) is 0 Å². The van der Waals surface area contributed by atoms with Crippen molar-refractivity contribution in [1.29, 1.82) is 0 Å². The highest BCUT2D eigenvalue weighted by Crippen LogP contribution is 2.19. The first-order chi connectivity index (χ1) is 14.6. The lowest BCUT2D eigenvalue weighted by Gasteiger charge is -2.36. The topological polar surface area (TPSA) is 73.4 Å². The molecule has 7 nitrogen and oxygen atoms in total. The molecule has 2 heterocycles. The molecule has 0 radical (unpaired) electrons. The second-order valence-electron chi connectivity index (χ2n) is 7.48. The molecule has 0 saturated carbocycles. The Labute approximate surface area is 176 Å². The molecular formula is C23H26N6O. The van der Waals surface area contributed by atoms with Crippen molar-refractivity contribution in [2.24, 2.45) is 0 Å². The summed E-state index contributed by atoms with van der Waals surface area (Å²) in [4.78, 5) is 25.7. The van der Waals surface area contributed by atoms with Gasteiger partial charge in [0, 0.05) is 37.6 Å². The SMILES string of the molecule is Cc1ccc(NC(=O)Nc2cnc(N3CCN(c4ccccc4)CC3)nc2)c(C)c1. The second kappa shape index (κ2) is 8.82. The molecule has 1 fully saturated rings. The van der Waals surface area contributed by atoms with Crippen molar-refractivity contribution in [2.45, 2.75) is 13.8 Å². The molecule has 0 bridgehead atoms. The summed E-state index contributed by atoms with van der Waals surface area (Å²) in [5.74, 6) is 0.683. The zero-order valence-electron chi connectivity index (χ0n) is 17.3. The van der Waals surface area contributed by atoms with Gasteiger partial charge in [-0.3, -0.25) is 0 Å². The van der Waals surface area contributed by atoms with Gasteiger partial charge in [0.25, 0.3) is 0 Å². The van der Waals surface area contributed by atoms with Crippen molar-refractivity contribution in [3.05, 3.63) is 72.1 Å². The number of carbonyl (C=O) groups is 1. The molecule has 30 heavy (non-hydrogen) atoms. The lowest BCUT2D eigenvalue weighted by Crippen LogP contribution is -2.47. The third-order valence-corrected chi connectivity index (χ3v) is 5.21. The van der Waals surface area contributed by atoms with Gasteiger partial charge in [-0.15, -0.1) is 0 Å². The zero-order valence-corrected chi connectivity index (χ0v) is 17.3. The first-order valence-electron chi connectivity index (χ1n) is 10.1. The highest BCUT2D eigenvalue weighted by molar-refractivity contribution is 6.00. The fraction of sp³-hybridized carbons (Fsp3) is 0.261. The van der Waals surface area contributed by atoms with E-state index in [0.29, 0.717) is 11.6 Å².